The van der Waals surface area contributed by atoms with Crippen molar-refractivity contribution < 1.29 is 28.7 Å². The number of imide groups is 1. The van der Waals surface area contributed by atoms with Gasteiger partial charge in [-0.1, -0.05) is 63.8 Å². The van der Waals surface area contributed by atoms with Gasteiger partial charge in [0.2, 0.25) is 23.6 Å². The topological polar surface area (TPSA) is 113 Å². The Hall–Kier alpha value is -3.07. The van der Waals surface area contributed by atoms with E-state index in [0.29, 0.717) is 57.7 Å². The van der Waals surface area contributed by atoms with Gasteiger partial charge in [-0.15, -0.1) is 0 Å². The van der Waals surface area contributed by atoms with Crippen molar-refractivity contribution in [2.24, 2.45) is 5.92 Å². The lowest BCUT2D eigenvalue weighted by atomic mass is 9.90. The molecule has 1 N–H and O–H groups in total. The van der Waals surface area contributed by atoms with Crippen molar-refractivity contribution in [2.45, 2.75) is 97.4 Å². The molecule has 0 aliphatic carbocycles. The minimum atomic E-state index is -0.182. The number of ketones is 1. The van der Waals surface area contributed by atoms with E-state index in [0.717, 1.165) is 49.7 Å². The largest absolute Gasteiger partial charge is 0.372 e. The van der Waals surface area contributed by atoms with Gasteiger partial charge in [0.25, 0.3) is 0 Å². The first-order valence-electron chi connectivity index (χ1n) is 15.3. The van der Waals surface area contributed by atoms with Gasteiger partial charge >= 0.3 is 0 Å². The van der Waals surface area contributed by atoms with Crippen LogP contribution in [-0.4, -0.2) is 72.6 Å². The van der Waals surface area contributed by atoms with Gasteiger partial charge in [0.1, 0.15) is 12.4 Å². The van der Waals surface area contributed by atoms with Crippen LogP contribution in [-0.2, 0) is 41.7 Å². The Balaban J connectivity index is 1.53. The maximum Gasteiger partial charge on any atom is 0.248 e. The summed E-state index contributed by atoms with van der Waals surface area (Å²) >= 11 is 0. The molecule has 1 saturated heterocycles. The third-order valence-corrected chi connectivity index (χ3v) is 7.55. The van der Waals surface area contributed by atoms with E-state index in [1.54, 1.807) is 11.9 Å². The zero-order valence-corrected chi connectivity index (χ0v) is 25.3. The van der Waals surface area contributed by atoms with E-state index in [2.05, 4.69) is 12.2 Å². The van der Waals surface area contributed by atoms with Crippen LogP contribution in [0.3, 0.4) is 0 Å². The molecular formula is C32H49N3O6. The Morgan fingerprint density at radius 1 is 0.976 bits per heavy atom. The lowest BCUT2D eigenvalue weighted by Gasteiger charge is -2.28. The van der Waals surface area contributed by atoms with Crippen LogP contribution in [0.4, 0.5) is 0 Å². The molecule has 0 saturated carbocycles. The molecule has 1 aromatic rings. The molecule has 0 bridgehead atoms. The molecule has 1 atom stereocenters. The molecule has 1 fully saturated rings. The van der Waals surface area contributed by atoms with Crippen molar-refractivity contribution in [3.8, 4) is 0 Å². The number of ether oxygens (including phenoxy) is 1. The lowest BCUT2D eigenvalue weighted by Crippen LogP contribution is -2.48. The van der Waals surface area contributed by atoms with E-state index in [1.807, 2.05) is 31.2 Å². The van der Waals surface area contributed by atoms with E-state index in [-0.39, 0.29) is 42.6 Å². The van der Waals surface area contributed by atoms with Crippen LogP contribution in [0.5, 0.6) is 0 Å². The number of benzene rings is 1. The van der Waals surface area contributed by atoms with E-state index >= 15 is 0 Å². The summed E-state index contributed by atoms with van der Waals surface area (Å²) < 4.78 is 5.48. The summed E-state index contributed by atoms with van der Waals surface area (Å²) in [7, 11) is 1.71. The van der Waals surface area contributed by atoms with Gasteiger partial charge in [0.15, 0.2) is 0 Å². The van der Waals surface area contributed by atoms with Crippen molar-refractivity contribution in [3.05, 3.63) is 35.4 Å². The highest BCUT2D eigenvalue weighted by molar-refractivity contribution is 6.00. The molecule has 1 aliphatic rings. The number of Topliss-reactive ketones (excluding diaryl/α,β-unsaturated/α-hetero) is 1. The smallest absolute Gasteiger partial charge is 0.248 e. The second-order valence-corrected chi connectivity index (χ2v) is 10.9. The standard InChI is InChI=1S/C32H49N3O6/c1-4-6-7-11-27(28(36)5-2)12-8-9-19-33-29(37)13-10-21-41-24-32(40)34(3)23-26-16-14-25(15-17-26)22-31(39)35-20-18-30(35)38/h14-17,27H,4-13,18-24H2,1-3H3,(H,33,37). The minimum absolute atomic E-state index is 0.0252. The minimum Gasteiger partial charge on any atom is -0.372 e. The zero-order valence-electron chi connectivity index (χ0n) is 25.3. The summed E-state index contributed by atoms with van der Waals surface area (Å²) in [4.78, 5) is 63.0. The number of carbonyl (C=O) groups is 5. The number of hydrogen-bond acceptors (Lipinski definition) is 6. The molecule has 9 heteroatoms. The second-order valence-electron chi connectivity index (χ2n) is 10.9. The van der Waals surface area contributed by atoms with Gasteiger partial charge in [-0.2, -0.15) is 0 Å². The normalized spacial score (nSPS) is 13.4. The van der Waals surface area contributed by atoms with Crippen LogP contribution in [0, 0.1) is 5.92 Å². The van der Waals surface area contributed by atoms with Crippen molar-refractivity contribution >= 4 is 29.4 Å². The highest BCUT2D eigenvalue weighted by atomic mass is 16.5. The Morgan fingerprint density at radius 3 is 2.27 bits per heavy atom. The Labute approximate surface area is 245 Å². The Morgan fingerprint density at radius 2 is 1.66 bits per heavy atom. The number of nitrogens with one attached hydrogen (secondary N) is 1. The predicted octanol–water partition coefficient (Wildman–Crippen LogP) is 4.21. The Kier molecular flexibility index (Phi) is 15.9. The molecule has 1 aliphatic heterocycles. The number of rotatable bonds is 21. The average molecular weight is 572 g/mol. The summed E-state index contributed by atoms with van der Waals surface area (Å²) in [6.45, 7) is 5.90. The highest BCUT2D eigenvalue weighted by Gasteiger charge is 2.29. The fourth-order valence-electron chi connectivity index (χ4n) is 4.81. The highest BCUT2D eigenvalue weighted by Crippen LogP contribution is 2.19. The van der Waals surface area contributed by atoms with E-state index in [1.165, 1.54) is 11.3 Å². The number of amides is 4. The molecule has 2 rings (SSSR count). The first-order valence-corrected chi connectivity index (χ1v) is 15.3. The van der Waals surface area contributed by atoms with Crippen molar-refractivity contribution in [1.82, 2.24) is 15.1 Å². The third-order valence-electron chi connectivity index (χ3n) is 7.55. The molecule has 1 heterocycles. The number of β-lactam (4-membered cyclic amide) rings is 1. The van der Waals surface area contributed by atoms with Crippen LogP contribution in [0.25, 0.3) is 0 Å². The molecule has 0 spiro atoms. The van der Waals surface area contributed by atoms with Gasteiger partial charge < -0.3 is 15.0 Å². The number of likely N-dealkylation sites (N-methyl/N-ethyl adjacent to an activating group) is 1. The van der Waals surface area contributed by atoms with E-state index < -0.39 is 0 Å². The number of likely N-dealkylation sites (tertiary alicyclic amines) is 1. The summed E-state index contributed by atoms with van der Waals surface area (Å²) in [6.07, 6.45) is 9.22. The quantitative estimate of drug-likeness (QED) is 0.175. The molecule has 228 valence electrons. The number of hydrogen-bond donors (Lipinski definition) is 1. The molecule has 9 nitrogen and oxygen atoms in total. The van der Waals surface area contributed by atoms with Crippen LogP contribution >= 0.6 is 0 Å². The first-order chi connectivity index (χ1) is 19.7. The van der Waals surface area contributed by atoms with Gasteiger partial charge in [-0.05, 0) is 36.8 Å². The molecule has 41 heavy (non-hydrogen) atoms. The summed E-state index contributed by atoms with van der Waals surface area (Å²) in [5.74, 6) is 0.0386. The van der Waals surface area contributed by atoms with E-state index in [9.17, 15) is 24.0 Å². The van der Waals surface area contributed by atoms with Crippen molar-refractivity contribution in [2.75, 3.05) is 33.4 Å². The van der Waals surface area contributed by atoms with Gasteiger partial charge in [-0.25, -0.2) is 0 Å². The number of nitrogens with zero attached hydrogens (tertiary/aromatic N) is 2. The predicted molar refractivity (Wildman–Crippen MR) is 158 cm³/mol. The van der Waals surface area contributed by atoms with Crippen LogP contribution in [0.2, 0.25) is 0 Å². The van der Waals surface area contributed by atoms with Crippen LogP contribution in [0.1, 0.15) is 95.6 Å². The molecule has 0 aromatic heterocycles. The SMILES string of the molecule is CCCCCC(CCCCNC(=O)CCCOCC(=O)N(C)Cc1ccc(CC(=O)N2CCC2=O)cc1)C(=O)CC. The lowest BCUT2D eigenvalue weighted by molar-refractivity contribution is -0.152. The summed E-state index contributed by atoms with van der Waals surface area (Å²) in [6, 6.07) is 7.44. The molecular weight excluding hydrogens is 522 g/mol. The molecule has 1 unspecified atom stereocenters. The monoisotopic (exact) mass is 571 g/mol. The summed E-state index contributed by atoms with van der Waals surface area (Å²) in [5.41, 5.74) is 1.76. The van der Waals surface area contributed by atoms with Gasteiger partial charge in [0.05, 0.1) is 6.42 Å². The van der Waals surface area contributed by atoms with Gasteiger partial charge in [-0.3, -0.25) is 28.9 Å². The maximum absolute atomic E-state index is 12.4. The fraction of sp³-hybridized carbons (Fsp3) is 0.656. The fourth-order valence-corrected chi connectivity index (χ4v) is 4.81. The van der Waals surface area contributed by atoms with Crippen LogP contribution in [0.15, 0.2) is 24.3 Å². The molecule has 1 aromatic carbocycles. The molecule has 4 amide bonds. The van der Waals surface area contributed by atoms with Gasteiger partial charge in [0, 0.05) is 58.5 Å². The summed E-state index contributed by atoms with van der Waals surface area (Å²) in [5, 5.41) is 2.93. The van der Waals surface area contributed by atoms with Crippen molar-refractivity contribution in [3.63, 3.8) is 0 Å². The number of unbranched alkanes of at least 4 members (excludes halogenated alkanes) is 3. The number of carbonyl (C=O) groups excluding carboxylic acids is 5. The molecule has 0 radical (unpaired) electrons. The first kappa shape index (κ1) is 34.1. The van der Waals surface area contributed by atoms with Crippen LogP contribution < -0.4 is 5.32 Å². The van der Waals surface area contributed by atoms with E-state index in [4.69, 9.17) is 4.74 Å². The third kappa shape index (κ3) is 13.0. The average Bonchev–Trinajstić information content (AvgIpc) is 2.95. The Bertz CT molecular complexity index is 994. The maximum atomic E-state index is 12.4. The zero-order chi connectivity index (χ0) is 30.0. The second kappa shape index (κ2) is 19.1. The van der Waals surface area contributed by atoms with Crippen molar-refractivity contribution in [1.29, 1.82) is 0 Å².